The van der Waals surface area contributed by atoms with E-state index < -0.39 is 5.92 Å². The highest BCUT2D eigenvalue weighted by atomic mass is 19.3. The number of rotatable bonds is 7. The van der Waals surface area contributed by atoms with Crippen LogP contribution in [0.3, 0.4) is 0 Å². The molecule has 0 radical (unpaired) electrons. The number of pyridine rings is 2. The van der Waals surface area contributed by atoms with Crippen LogP contribution in [0.15, 0.2) is 82.8 Å². The maximum atomic E-state index is 15.0. The van der Waals surface area contributed by atoms with E-state index in [-0.39, 0.29) is 5.57 Å². The molecule has 0 unspecified atom stereocenters. The molecule has 2 aliphatic rings. The minimum atomic E-state index is -3.00. The Bertz CT molecular complexity index is 1320. The second-order valence-electron chi connectivity index (χ2n) is 10.7. The molecule has 2 aromatic rings. The summed E-state index contributed by atoms with van der Waals surface area (Å²) in [7, 11) is 0. The number of hydrogen-bond acceptors (Lipinski definition) is 5. The van der Waals surface area contributed by atoms with Gasteiger partial charge in [-0.05, 0) is 87.6 Å². The number of nitrogens with zero attached hydrogens (tertiary/aromatic N) is 5. The molecule has 0 bridgehead atoms. The number of aromatic nitrogens is 2. The smallest absolute Gasteiger partial charge is 0.271 e. The third kappa shape index (κ3) is 7.28. The van der Waals surface area contributed by atoms with Crippen LogP contribution in [0, 0.1) is 6.92 Å². The maximum Gasteiger partial charge on any atom is 0.271 e. The van der Waals surface area contributed by atoms with Crippen LogP contribution in [0.25, 0.3) is 5.57 Å². The van der Waals surface area contributed by atoms with Gasteiger partial charge in [0, 0.05) is 68.4 Å². The summed E-state index contributed by atoms with van der Waals surface area (Å²) in [5.41, 5.74) is 7.06. The average Bonchev–Trinajstić information content (AvgIpc) is 2.87. The molecule has 39 heavy (non-hydrogen) atoms. The first-order chi connectivity index (χ1) is 18.5. The Morgan fingerprint density at radius 3 is 2.44 bits per heavy atom. The number of aryl methyl sites for hydroxylation is 1. The van der Waals surface area contributed by atoms with Crippen LogP contribution < -0.4 is 4.90 Å². The summed E-state index contributed by atoms with van der Waals surface area (Å²) >= 11 is 0. The molecule has 1 aliphatic heterocycles. The van der Waals surface area contributed by atoms with Gasteiger partial charge in [0.25, 0.3) is 5.92 Å². The molecule has 3 heterocycles. The highest BCUT2D eigenvalue weighted by Gasteiger charge is 2.32. The Morgan fingerprint density at radius 2 is 1.82 bits per heavy atom. The number of halogens is 2. The van der Waals surface area contributed by atoms with E-state index >= 15 is 8.78 Å². The van der Waals surface area contributed by atoms with Crippen molar-refractivity contribution in [1.29, 1.82) is 0 Å². The Kier molecular flexibility index (Phi) is 8.78. The van der Waals surface area contributed by atoms with Crippen molar-refractivity contribution in [3.05, 3.63) is 89.1 Å². The van der Waals surface area contributed by atoms with Crippen molar-refractivity contribution in [3.8, 4) is 0 Å². The molecule has 0 aromatic carbocycles. The van der Waals surface area contributed by atoms with Gasteiger partial charge in [0.15, 0.2) is 5.82 Å². The molecule has 1 saturated heterocycles. The van der Waals surface area contributed by atoms with Gasteiger partial charge in [0.2, 0.25) is 0 Å². The van der Waals surface area contributed by atoms with Crippen LogP contribution in [-0.4, -0.2) is 52.7 Å². The molecule has 0 amide bonds. The van der Waals surface area contributed by atoms with E-state index in [1.54, 1.807) is 12.3 Å². The lowest BCUT2D eigenvalue weighted by Gasteiger charge is -2.37. The van der Waals surface area contributed by atoms with Crippen LogP contribution in [-0.2, 0) is 0 Å². The molecular weight excluding hydrogens is 492 g/mol. The normalized spacial score (nSPS) is 17.5. The lowest BCUT2D eigenvalue weighted by Crippen LogP contribution is -2.45. The first-order valence-electron chi connectivity index (χ1n) is 13.6. The largest absolute Gasteiger partial charge is 0.372 e. The second kappa shape index (κ2) is 12.1. The summed E-state index contributed by atoms with van der Waals surface area (Å²) in [6.07, 6.45) is 9.25. The lowest BCUT2D eigenvalue weighted by molar-refractivity contribution is 0.0686. The monoisotopic (exact) mass is 531 g/mol. The fourth-order valence-electron chi connectivity index (χ4n) is 5.23. The van der Waals surface area contributed by atoms with Gasteiger partial charge in [-0.25, -0.2) is 18.8 Å². The number of anilines is 1. The predicted molar refractivity (Wildman–Crippen MR) is 158 cm³/mol. The summed E-state index contributed by atoms with van der Waals surface area (Å²) in [6.45, 7) is 16.6. The summed E-state index contributed by atoms with van der Waals surface area (Å²) in [4.78, 5) is 18.1. The number of hydrogen-bond donors (Lipinski definition) is 0. The van der Waals surface area contributed by atoms with Crippen molar-refractivity contribution >= 4 is 22.8 Å². The first-order valence-corrected chi connectivity index (χ1v) is 13.6. The number of piperazine rings is 1. The van der Waals surface area contributed by atoms with E-state index in [4.69, 9.17) is 4.99 Å². The van der Waals surface area contributed by atoms with Gasteiger partial charge in [0.1, 0.15) is 0 Å². The maximum absolute atomic E-state index is 15.0. The number of alkyl halides is 2. The van der Waals surface area contributed by atoms with Crippen LogP contribution in [0.5, 0.6) is 0 Å². The van der Waals surface area contributed by atoms with Crippen molar-refractivity contribution < 1.29 is 8.78 Å². The van der Waals surface area contributed by atoms with Gasteiger partial charge in [-0.3, -0.25) is 4.98 Å². The number of aliphatic imine (C=N–C) groups is 1. The van der Waals surface area contributed by atoms with Crippen molar-refractivity contribution in [3.63, 3.8) is 0 Å². The zero-order chi connectivity index (χ0) is 28.2. The van der Waals surface area contributed by atoms with E-state index in [0.717, 1.165) is 79.0 Å². The van der Waals surface area contributed by atoms with Gasteiger partial charge in [-0.1, -0.05) is 18.2 Å². The van der Waals surface area contributed by atoms with Crippen LogP contribution in [0.1, 0.15) is 58.2 Å². The van der Waals surface area contributed by atoms with Crippen molar-refractivity contribution in [2.24, 2.45) is 4.99 Å². The van der Waals surface area contributed by atoms with Gasteiger partial charge in [-0.15, -0.1) is 0 Å². The zero-order valence-corrected chi connectivity index (χ0v) is 23.8. The fourth-order valence-corrected chi connectivity index (χ4v) is 5.23. The molecule has 206 valence electrons. The third-order valence-electron chi connectivity index (χ3n) is 7.29. The molecular formula is C32H39F2N5. The fraction of sp³-hybridized carbons (Fsp3) is 0.406. The van der Waals surface area contributed by atoms with E-state index in [0.29, 0.717) is 24.2 Å². The minimum absolute atomic E-state index is 0.0403. The third-order valence-corrected chi connectivity index (χ3v) is 7.29. The van der Waals surface area contributed by atoms with Crippen LogP contribution in [0.4, 0.5) is 20.3 Å². The van der Waals surface area contributed by atoms with Gasteiger partial charge in [0.05, 0.1) is 11.9 Å². The Morgan fingerprint density at radius 1 is 1.08 bits per heavy atom. The van der Waals surface area contributed by atoms with Crippen LogP contribution >= 0.6 is 0 Å². The number of allylic oxidation sites excluding steroid dienone is 7. The molecule has 0 atom stereocenters. The summed E-state index contributed by atoms with van der Waals surface area (Å²) in [6, 6.07) is 7.68. The average molecular weight is 532 g/mol. The Balaban J connectivity index is 1.53. The van der Waals surface area contributed by atoms with Gasteiger partial charge in [-0.2, -0.15) is 0 Å². The van der Waals surface area contributed by atoms with Crippen molar-refractivity contribution in [1.82, 2.24) is 14.9 Å². The second-order valence-corrected chi connectivity index (χ2v) is 10.7. The molecule has 2 aromatic heterocycles. The summed E-state index contributed by atoms with van der Waals surface area (Å²) < 4.78 is 30.1. The van der Waals surface area contributed by atoms with Crippen LogP contribution in [0.2, 0.25) is 0 Å². The van der Waals surface area contributed by atoms with Crippen molar-refractivity contribution in [2.45, 2.75) is 59.8 Å². The molecule has 7 heteroatoms. The molecule has 5 nitrogen and oxygen atoms in total. The summed E-state index contributed by atoms with van der Waals surface area (Å²) in [5, 5.41) is 0. The quantitative estimate of drug-likeness (QED) is 0.344. The van der Waals surface area contributed by atoms with Gasteiger partial charge >= 0.3 is 0 Å². The standard InChI is InChI=1S/C32H39F2N5/c1-22(2)38-14-16-39(17-15-38)28-10-11-30(36-21-28)37-25(5)18-26-9-7-8-23(3)31(29(20-26)32(6,33)34)27-12-13-35-24(4)19-27/h9-13,19-21H,1,7-8,14-18H2,2-6H3. The molecule has 4 rings (SSSR count). The minimum Gasteiger partial charge on any atom is -0.372 e. The molecule has 0 N–H and O–H groups in total. The predicted octanol–water partition coefficient (Wildman–Crippen LogP) is 7.70. The van der Waals surface area contributed by atoms with E-state index in [1.165, 1.54) is 0 Å². The Hall–Kier alpha value is -3.61. The SMILES string of the molecule is C=C(C)N1CCN(c2ccc(N=C(C)CC3=CCCC(C)=C(c4ccnc(C)c4)C(C(C)(F)F)=C3)nc2)CC1. The highest BCUT2D eigenvalue weighted by Crippen LogP contribution is 2.40. The zero-order valence-electron chi connectivity index (χ0n) is 23.8. The molecule has 1 aliphatic carbocycles. The van der Waals surface area contributed by atoms with E-state index in [9.17, 15) is 0 Å². The summed E-state index contributed by atoms with van der Waals surface area (Å²) in [5.74, 6) is -2.38. The molecule has 1 fully saturated rings. The van der Waals surface area contributed by atoms with E-state index in [1.807, 2.05) is 52.1 Å². The van der Waals surface area contributed by atoms with Crippen molar-refractivity contribution in [2.75, 3.05) is 31.1 Å². The lowest BCUT2D eigenvalue weighted by atomic mass is 9.85. The molecule has 0 saturated carbocycles. The Labute approximate surface area is 231 Å². The molecule has 0 spiro atoms. The highest BCUT2D eigenvalue weighted by molar-refractivity contribution is 5.88. The first kappa shape index (κ1) is 28.4. The van der Waals surface area contributed by atoms with E-state index in [2.05, 4.69) is 38.5 Å². The van der Waals surface area contributed by atoms with Gasteiger partial charge < -0.3 is 9.80 Å². The topological polar surface area (TPSA) is 44.6 Å².